The van der Waals surface area contributed by atoms with Gasteiger partial charge in [0.2, 0.25) is 0 Å². The highest BCUT2D eigenvalue weighted by atomic mass is 17.2. The summed E-state index contributed by atoms with van der Waals surface area (Å²) in [6, 6.07) is 5.27. The first-order valence-electron chi connectivity index (χ1n) is 9.45. The number of aliphatic hydroxyl groups is 2. The molecule has 0 saturated carbocycles. The van der Waals surface area contributed by atoms with Crippen LogP contribution in [0.25, 0.3) is 0 Å². The number of rotatable bonds is 5. The number of ether oxygens (including phenoxy) is 1. The number of carbonyl (C=O) groups is 4. The Balaban J connectivity index is 0.000000479. The fourth-order valence-corrected chi connectivity index (χ4v) is 2.39. The normalized spacial score (nSPS) is 17.2. The van der Waals surface area contributed by atoms with Crippen molar-refractivity contribution in [3.63, 3.8) is 0 Å². The number of cyclic esters (lactones) is 1. The topological polar surface area (TPSA) is 157 Å². The maximum absolute atomic E-state index is 11.9. The minimum Gasteiger partial charge on any atom is -0.479 e. The third kappa shape index (κ3) is 9.01. The molecule has 0 amide bonds. The molecule has 2 bridgehead atoms. The van der Waals surface area contributed by atoms with E-state index in [9.17, 15) is 19.2 Å². The molecule has 10 nitrogen and oxygen atoms in total. The summed E-state index contributed by atoms with van der Waals surface area (Å²) in [4.78, 5) is 54.7. The zero-order chi connectivity index (χ0) is 22.5. The van der Waals surface area contributed by atoms with Crippen LogP contribution in [0.3, 0.4) is 0 Å². The highest BCUT2D eigenvalue weighted by molar-refractivity contribution is 5.96. The first-order valence-corrected chi connectivity index (χ1v) is 9.45. The summed E-state index contributed by atoms with van der Waals surface area (Å²) in [7, 11) is 0. The number of carbonyl (C=O) groups excluding carboxylic acids is 3. The Morgan fingerprint density at radius 1 is 1.07 bits per heavy atom. The van der Waals surface area contributed by atoms with E-state index >= 15 is 0 Å². The minimum atomic E-state index is -1.39. The summed E-state index contributed by atoms with van der Waals surface area (Å²) < 4.78 is 4.89. The summed E-state index contributed by atoms with van der Waals surface area (Å²) in [5.41, 5.74) is -0.0420. The second-order valence-corrected chi connectivity index (χ2v) is 6.66. The molecule has 1 atom stereocenters. The zero-order valence-electron chi connectivity index (χ0n) is 16.6. The smallest absolute Gasteiger partial charge is 0.386 e. The predicted molar refractivity (Wildman–Crippen MR) is 101 cm³/mol. The van der Waals surface area contributed by atoms with Crippen LogP contribution < -0.4 is 0 Å². The van der Waals surface area contributed by atoms with E-state index in [1.54, 1.807) is 0 Å². The molecule has 0 saturated heterocycles. The van der Waals surface area contributed by atoms with E-state index in [1.807, 2.05) is 6.92 Å². The molecule has 0 radical (unpaired) electrons. The molecule has 166 valence electrons. The van der Waals surface area contributed by atoms with E-state index < -0.39 is 30.0 Å². The molecular formula is C20H26O10. The van der Waals surface area contributed by atoms with E-state index in [0.29, 0.717) is 5.92 Å². The molecule has 3 N–H and O–H groups in total. The first-order chi connectivity index (χ1) is 14.3. The van der Waals surface area contributed by atoms with Crippen LogP contribution >= 0.6 is 0 Å². The Bertz CT molecular complexity index is 724. The quantitative estimate of drug-likeness (QED) is 0.465. The van der Waals surface area contributed by atoms with Gasteiger partial charge in [0.05, 0.1) is 17.5 Å². The third-order valence-corrected chi connectivity index (χ3v) is 4.16. The minimum absolute atomic E-state index is 0.00808. The molecule has 1 aliphatic rings. The Labute approximate surface area is 173 Å². The Kier molecular flexibility index (Phi) is 11.1. The van der Waals surface area contributed by atoms with Crippen LogP contribution in [0.1, 0.15) is 59.7 Å². The second-order valence-electron chi connectivity index (χ2n) is 6.66. The number of aliphatic carboxylic acids is 1. The van der Waals surface area contributed by atoms with Crippen molar-refractivity contribution in [3.8, 4) is 0 Å². The maximum atomic E-state index is 11.9. The van der Waals surface area contributed by atoms with Crippen molar-refractivity contribution in [2.45, 2.75) is 45.1 Å². The Hall–Kier alpha value is -2.98. The van der Waals surface area contributed by atoms with Crippen LogP contribution in [0.2, 0.25) is 0 Å². The van der Waals surface area contributed by atoms with Gasteiger partial charge >= 0.3 is 23.9 Å². The number of esters is 1. The molecule has 1 heterocycles. The van der Waals surface area contributed by atoms with Gasteiger partial charge in [-0.15, -0.1) is 0 Å². The zero-order valence-corrected chi connectivity index (χ0v) is 16.6. The standard InChI is InChI=1S/C14H12O8.C6H14O2/c15-11-6-2-5-10(12(16)17)20-13(18)8-3-1-4-9(7-8)14(19)22-21-11;1-6(2-4-7)3-5-8/h1,3-4,7,10H,2,5-6H2,(H,16,17);6-8H,2-5H2,1H3. The molecule has 0 aromatic heterocycles. The van der Waals surface area contributed by atoms with Gasteiger partial charge in [-0.05, 0) is 49.8 Å². The van der Waals surface area contributed by atoms with Crippen molar-refractivity contribution in [2.75, 3.05) is 13.2 Å². The second kappa shape index (κ2) is 13.3. The lowest BCUT2D eigenvalue weighted by Gasteiger charge is -2.13. The Morgan fingerprint density at radius 3 is 2.23 bits per heavy atom. The molecule has 10 heteroatoms. The molecule has 30 heavy (non-hydrogen) atoms. The van der Waals surface area contributed by atoms with Crippen LogP contribution in [0.4, 0.5) is 0 Å². The molecule has 1 aliphatic heterocycles. The van der Waals surface area contributed by atoms with Crippen molar-refractivity contribution >= 4 is 23.9 Å². The monoisotopic (exact) mass is 426 g/mol. The summed E-state index contributed by atoms with van der Waals surface area (Å²) in [6.07, 6.45) is 0.0799. The highest BCUT2D eigenvalue weighted by Gasteiger charge is 2.25. The number of hydrogen-bond acceptors (Lipinski definition) is 9. The van der Waals surface area contributed by atoms with Crippen molar-refractivity contribution in [2.24, 2.45) is 5.92 Å². The highest BCUT2D eigenvalue weighted by Crippen LogP contribution is 2.14. The number of carboxylic acids is 1. The van der Waals surface area contributed by atoms with Crippen LogP contribution in [-0.4, -0.2) is 58.5 Å². The van der Waals surface area contributed by atoms with Crippen LogP contribution in [-0.2, 0) is 24.1 Å². The number of benzene rings is 1. The average Bonchev–Trinajstić information content (AvgIpc) is 2.72. The summed E-state index contributed by atoms with van der Waals surface area (Å²) >= 11 is 0. The van der Waals surface area contributed by atoms with E-state index in [0.717, 1.165) is 18.9 Å². The van der Waals surface area contributed by atoms with Gasteiger partial charge < -0.3 is 20.1 Å². The lowest BCUT2D eigenvalue weighted by molar-refractivity contribution is -0.234. The average molecular weight is 426 g/mol. The van der Waals surface area contributed by atoms with Gasteiger partial charge in [-0.2, -0.15) is 0 Å². The van der Waals surface area contributed by atoms with Crippen LogP contribution in [0, 0.1) is 5.92 Å². The molecule has 1 aromatic rings. The van der Waals surface area contributed by atoms with Crippen molar-refractivity contribution in [1.82, 2.24) is 0 Å². The van der Waals surface area contributed by atoms with Crippen LogP contribution in [0.5, 0.6) is 0 Å². The number of hydrogen-bond donors (Lipinski definition) is 3. The fourth-order valence-electron chi connectivity index (χ4n) is 2.39. The molecule has 1 aromatic carbocycles. The summed E-state index contributed by atoms with van der Waals surface area (Å²) in [5, 5.41) is 25.8. The van der Waals surface area contributed by atoms with Gasteiger partial charge in [-0.1, -0.05) is 13.0 Å². The summed E-state index contributed by atoms with van der Waals surface area (Å²) in [6.45, 7) is 2.49. The lowest BCUT2D eigenvalue weighted by Crippen LogP contribution is -2.27. The van der Waals surface area contributed by atoms with Crippen molar-refractivity contribution in [3.05, 3.63) is 35.4 Å². The van der Waals surface area contributed by atoms with Crippen LogP contribution in [0.15, 0.2) is 24.3 Å². The van der Waals surface area contributed by atoms with Gasteiger partial charge in [0, 0.05) is 13.2 Å². The van der Waals surface area contributed by atoms with E-state index in [4.69, 9.17) is 20.1 Å². The SMILES string of the molecule is CC(CCO)CCO.O=C1CCCC(C(=O)O)OC(=O)c2cccc(c2)C(=O)OO1. The predicted octanol–water partition coefficient (Wildman–Crippen LogP) is 1.48. The molecular weight excluding hydrogens is 400 g/mol. The fraction of sp³-hybridized carbons (Fsp3) is 0.500. The molecule has 1 unspecified atom stereocenters. The number of aliphatic hydroxyl groups excluding tert-OH is 2. The van der Waals surface area contributed by atoms with E-state index in [2.05, 4.69) is 9.78 Å². The summed E-state index contributed by atoms with van der Waals surface area (Å²) in [5.74, 6) is -3.50. The Morgan fingerprint density at radius 2 is 1.67 bits per heavy atom. The van der Waals surface area contributed by atoms with E-state index in [-0.39, 0.29) is 43.6 Å². The number of carboxylic acid groups (broad SMARTS) is 1. The molecule has 2 rings (SSSR count). The largest absolute Gasteiger partial charge is 0.479 e. The maximum Gasteiger partial charge on any atom is 0.386 e. The molecule has 0 aliphatic carbocycles. The van der Waals surface area contributed by atoms with Gasteiger partial charge in [-0.25, -0.2) is 29.0 Å². The van der Waals surface area contributed by atoms with Crippen molar-refractivity contribution < 1.29 is 49.0 Å². The van der Waals surface area contributed by atoms with E-state index in [1.165, 1.54) is 18.2 Å². The first kappa shape index (κ1) is 25.1. The third-order valence-electron chi connectivity index (χ3n) is 4.16. The van der Waals surface area contributed by atoms with Gasteiger partial charge in [0.25, 0.3) is 0 Å². The number of fused-ring (bicyclic) bond motifs is 2. The van der Waals surface area contributed by atoms with Crippen molar-refractivity contribution in [1.29, 1.82) is 0 Å². The lowest BCUT2D eigenvalue weighted by atomic mass is 10.1. The van der Waals surface area contributed by atoms with Gasteiger partial charge in [0.1, 0.15) is 0 Å². The van der Waals surface area contributed by atoms with Gasteiger partial charge in [-0.3, -0.25) is 0 Å². The van der Waals surface area contributed by atoms with Gasteiger partial charge in [0.15, 0.2) is 6.10 Å². The molecule has 0 spiro atoms. The molecule has 0 fully saturated rings.